The highest BCUT2D eigenvalue weighted by atomic mass is 79.9. The SMILES string of the molecule is O=C(Nc1ccc([N+](=O)[O-])cc1Cl)c1ccc(Br)cn1. The number of nitro benzene ring substituents is 1. The van der Waals surface area contributed by atoms with Crippen LogP contribution in [0.5, 0.6) is 0 Å². The fourth-order valence-electron chi connectivity index (χ4n) is 1.42. The molecule has 0 unspecified atom stereocenters. The summed E-state index contributed by atoms with van der Waals surface area (Å²) < 4.78 is 0.752. The maximum atomic E-state index is 11.9. The van der Waals surface area contributed by atoms with Gasteiger partial charge in [-0.1, -0.05) is 11.6 Å². The van der Waals surface area contributed by atoms with Gasteiger partial charge in [-0.3, -0.25) is 14.9 Å². The number of carbonyl (C=O) groups is 1. The third kappa shape index (κ3) is 3.31. The lowest BCUT2D eigenvalue weighted by Gasteiger charge is -2.06. The number of aromatic nitrogens is 1. The molecular formula is C12H7BrClN3O3. The Labute approximate surface area is 127 Å². The Bertz CT molecular complexity index is 676. The van der Waals surface area contributed by atoms with E-state index in [0.717, 1.165) is 4.47 Å². The Balaban J connectivity index is 2.19. The molecule has 20 heavy (non-hydrogen) atoms. The first-order chi connectivity index (χ1) is 9.47. The van der Waals surface area contributed by atoms with E-state index in [1.165, 1.54) is 24.4 Å². The molecule has 0 saturated carbocycles. The van der Waals surface area contributed by atoms with Crippen molar-refractivity contribution in [3.8, 4) is 0 Å². The van der Waals surface area contributed by atoms with Gasteiger partial charge in [-0.25, -0.2) is 4.98 Å². The van der Waals surface area contributed by atoms with Gasteiger partial charge < -0.3 is 5.32 Å². The first kappa shape index (κ1) is 14.4. The van der Waals surface area contributed by atoms with Crippen LogP contribution in [0.25, 0.3) is 0 Å². The maximum Gasteiger partial charge on any atom is 0.274 e. The quantitative estimate of drug-likeness (QED) is 0.672. The van der Waals surface area contributed by atoms with E-state index in [1.54, 1.807) is 12.1 Å². The van der Waals surface area contributed by atoms with Crippen molar-refractivity contribution in [2.24, 2.45) is 0 Å². The molecule has 0 saturated heterocycles. The van der Waals surface area contributed by atoms with Crippen molar-refractivity contribution in [2.75, 3.05) is 5.32 Å². The number of amides is 1. The van der Waals surface area contributed by atoms with Crippen LogP contribution < -0.4 is 5.32 Å². The molecule has 0 bridgehead atoms. The first-order valence-corrected chi connectivity index (χ1v) is 6.51. The monoisotopic (exact) mass is 355 g/mol. The van der Waals surface area contributed by atoms with Crippen LogP contribution in [0.4, 0.5) is 11.4 Å². The highest BCUT2D eigenvalue weighted by Crippen LogP contribution is 2.26. The number of nitro groups is 1. The van der Waals surface area contributed by atoms with Gasteiger partial charge in [-0.2, -0.15) is 0 Å². The third-order valence-electron chi connectivity index (χ3n) is 2.37. The van der Waals surface area contributed by atoms with Crippen LogP contribution in [0.2, 0.25) is 5.02 Å². The molecule has 0 radical (unpaired) electrons. The Morgan fingerprint density at radius 2 is 2.10 bits per heavy atom. The third-order valence-corrected chi connectivity index (χ3v) is 3.15. The van der Waals surface area contributed by atoms with Gasteiger partial charge in [-0.05, 0) is 34.1 Å². The van der Waals surface area contributed by atoms with Crippen molar-refractivity contribution in [2.45, 2.75) is 0 Å². The normalized spacial score (nSPS) is 10.1. The molecule has 1 heterocycles. The summed E-state index contributed by atoms with van der Waals surface area (Å²) in [7, 11) is 0. The Morgan fingerprint density at radius 1 is 1.35 bits per heavy atom. The largest absolute Gasteiger partial charge is 0.319 e. The fourth-order valence-corrected chi connectivity index (χ4v) is 1.87. The molecule has 6 nitrogen and oxygen atoms in total. The lowest BCUT2D eigenvalue weighted by molar-refractivity contribution is -0.384. The van der Waals surface area contributed by atoms with Crippen molar-refractivity contribution in [1.29, 1.82) is 0 Å². The van der Waals surface area contributed by atoms with E-state index in [4.69, 9.17) is 11.6 Å². The molecule has 1 aromatic heterocycles. The van der Waals surface area contributed by atoms with E-state index in [2.05, 4.69) is 26.2 Å². The predicted octanol–water partition coefficient (Wildman–Crippen LogP) is 3.66. The standard InChI is InChI=1S/C12H7BrClN3O3/c13-7-1-3-11(15-6-7)12(18)16-10-4-2-8(17(19)20)5-9(10)14/h1-6H,(H,16,18). The molecule has 2 rings (SSSR count). The van der Waals surface area contributed by atoms with Crippen LogP contribution in [0.1, 0.15) is 10.5 Å². The van der Waals surface area contributed by atoms with Gasteiger partial charge in [0.1, 0.15) is 5.69 Å². The second kappa shape index (κ2) is 5.98. The van der Waals surface area contributed by atoms with Crippen LogP contribution in [0, 0.1) is 10.1 Å². The first-order valence-electron chi connectivity index (χ1n) is 5.34. The zero-order chi connectivity index (χ0) is 14.7. The van der Waals surface area contributed by atoms with E-state index < -0.39 is 10.8 Å². The highest BCUT2D eigenvalue weighted by molar-refractivity contribution is 9.10. The molecule has 0 aliphatic carbocycles. The number of anilines is 1. The van der Waals surface area contributed by atoms with Crippen LogP contribution in [0.15, 0.2) is 41.0 Å². The summed E-state index contributed by atoms with van der Waals surface area (Å²) >= 11 is 9.10. The van der Waals surface area contributed by atoms with Crippen molar-refractivity contribution < 1.29 is 9.72 Å². The highest BCUT2D eigenvalue weighted by Gasteiger charge is 2.13. The molecule has 0 aliphatic heterocycles. The molecule has 0 fully saturated rings. The fraction of sp³-hybridized carbons (Fsp3) is 0. The number of nitrogens with zero attached hydrogens (tertiary/aromatic N) is 2. The second-order valence-corrected chi connectivity index (χ2v) is 5.06. The summed E-state index contributed by atoms with van der Waals surface area (Å²) in [6, 6.07) is 7.03. The van der Waals surface area contributed by atoms with E-state index >= 15 is 0 Å². The van der Waals surface area contributed by atoms with Gasteiger partial charge in [0.05, 0.1) is 15.6 Å². The maximum absolute atomic E-state index is 11.9. The predicted molar refractivity (Wildman–Crippen MR) is 78.0 cm³/mol. The van der Waals surface area contributed by atoms with Crippen molar-refractivity contribution in [3.05, 3.63) is 61.8 Å². The van der Waals surface area contributed by atoms with Gasteiger partial charge in [0.25, 0.3) is 11.6 Å². The van der Waals surface area contributed by atoms with Gasteiger partial charge in [-0.15, -0.1) is 0 Å². The van der Waals surface area contributed by atoms with Crippen LogP contribution in [0.3, 0.4) is 0 Å². The van der Waals surface area contributed by atoms with Crippen LogP contribution in [-0.2, 0) is 0 Å². The molecule has 8 heteroatoms. The van der Waals surface area contributed by atoms with Crippen molar-refractivity contribution >= 4 is 44.8 Å². The number of rotatable bonds is 3. The zero-order valence-corrected chi connectivity index (χ0v) is 12.2. The lowest BCUT2D eigenvalue weighted by Crippen LogP contribution is -2.13. The summed E-state index contributed by atoms with van der Waals surface area (Å²) in [4.78, 5) is 25.9. The molecule has 0 spiro atoms. The van der Waals surface area contributed by atoms with E-state index in [1.807, 2.05) is 0 Å². The number of hydrogen-bond donors (Lipinski definition) is 1. The average Bonchev–Trinajstić information content (AvgIpc) is 2.41. The van der Waals surface area contributed by atoms with Crippen LogP contribution in [-0.4, -0.2) is 15.8 Å². The summed E-state index contributed by atoms with van der Waals surface area (Å²) in [5.41, 5.74) is 0.351. The molecular weight excluding hydrogens is 350 g/mol. The number of non-ortho nitro benzene ring substituents is 1. The van der Waals surface area contributed by atoms with Gasteiger partial charge in [0, 0.05) is 22.8 Å². The summed E-state index contributed by atoms with van der Waals surface area (Å²) in [5.74, 6) is -0.451. The number of hydrogen-bond acceptors (Lipinski definition) is 4. The molecule has 0 aliphatic rings. The molecule has 2 aromatic rings. The summed E-state index contributed by atoms with van der Waals surface area (Å²) in [5, 5.41) is 13.2. The zero-order valence-electron chi connectivity index (χ0n) is 9.84. The number of benzene rings is 1. The molecule has 0 atom stereocenters. The molecule has 102 valence electrons. The number of halogens is 2. The Morgan fingerprint density at radius 3 is 2.65 bits per heavy atom. The van der Waals surface area contributed by atoms with E-state index in [-0.39, 0.29) is 22.1 Å². The number of pyridine rings is 1. The van der Waals surface area contributed by atoms with Crippen LogP contribution >= 0.6 is 27.5 Å². The van der Waals surface area contributed by atoms with E-state index in [0.29, 0.717) is 0 Å². The van der Waals surface area contributed by atoms with Gasteiger partial charge in [0.15, 0.2) is 0 Å². The minimum atomic E-state index is -0.562. The summed E-state index contributed by atoms with van der Waals surface area (Å²) in [6.07, 6.45) is 1.49. The average molecular weight is 357 g/mol. The number of nitrogens with one attached hydrogen (secondary N) is 1. The molecule has 1 N–H and O–H groups in total. The second-order valence-electron chi connectivity index (χ2n) is 3.74. The minimum Gasteiger partial charge on any atom is -0.319 e. The van der Waals surface area contributed by atoms with Gasteiger partial charge >= 0.3 is 0 Å². The van der Waals surface area contributed by atoms with Crippen molar-refractivity contribution in [3.63, 3.8) is 0 Å². The summed E-state index contributed by atoms with van der Waals surface area (Å²) in [6.45, 7) is 0. The number of carbonyl (C=O) groups excluding carboxylic acids is 1. The minimum absolute atomic E-state index is 0.0876. The molecule has 1 amide bonds. The molecule has 1 aromatic carbocycles. The van der Waals surface area contributed by atoms with E-state index in [9.17, 15) is 14.9 Å². The van der Waals surface area contributed by atoms with Gasteiger partial charge in [0.2, 0.25) is 0 Å². The Hall–Kier alpha value is -1.99. The van der Waals surface area contributed by atoms with Crippen molar-refractivity contribution in [1.82, 2.24) is 4.98 Å². The topological polar surface area (TPSA) is 85.1 Å². The smallest absolute Gasteiger partial charge is 0.274 e. The lowest BCUT2D eigenvalue weighted by atomic mass is 10.2. The Kier molecular flexibility index (Phi) is 4.31.